The summed E-state index contributed by atoms with van der Waals surface area (Å²) in [5, 5.41) is 8.71. The highest BCUT2D eigenvalue weighted by molar-refractivity contribution is 4.89. The molecule has 11 heavy (non-hydrogen) atoms. The van der Waals surface area contributed by atoms with Gasteiger partial charge in [0, 0.05) is 25.7 Å². The smallest absolute Gasteiger partial charge is 0.0445 e. The molecule has 1 rings (SSSR count). The Labute approximate surface area is 69.2 Å². The second kappa shape index (κ2) is 3.11. The summed E-state index contributed by atoms with van der Waals surface area (Å²) in [7, 11) is 0. The predicted molar refractivity (Wildman–Crippen MR) is 46.5 cm³/mol. The molecule has 0 aromatic rings. The van der Waals surface area contributed by atoms with Crippen LogP contribution in [0.1, 0.15) is 27.2 Å². The van der Waals surface area contributed by atoms with Crippen molar-refractivity contribution in [3.8, 4) is 0 Å². The molecule has 0 amide bonds. The third-order valence-electron chi connectivity index (χ3n) is 2.43. The van der Waals surface area contributed by atoms with Crippen molar-refractivity contribution in [1.29, 1.82) is 0 Å². The van der Waals surface area contributed by atoms with E-state index in [-0.39, 0.29) is 0 Å². The first-order chi connectivity index (χ1) is 5.05. The molecule has 1 fully saturated rings. The standard InChI is InChI=1S/C9H19NO/c1-8(4-5-11)10-6-9(2,3)7-10/h8,11H,4-7H2,1-3H3. The highest BCUT2D eigenvalue weighted by atomic mass is 16.3. The lowest BCUT2D eigenvalue weighted by molar-refractivity contribution is -0.00708. The number of rotatable bonds is 3. The molecule has 0 bridgehead atoms. The fourth-order valence-corrected chi connectivity index (χ4v) is 1.73. The molecule has 1 aliphatic rings. The van der Waals surface area contributed by atoms with E-state index in [1.807, 2.05) is 0 Å². The number of hydrogen-bond acceptors (Lipinski definition) is 2. The lowest BCUT2D eigenvalue weighted by atomic mass is 9.83. The lowest BCUT2D eigenvalue weighted by Gasteiger charge is -2.49. The Morgan fingerprint density at radius 2 is 2.00 bits per heavy atom. The SMILES string of the molecule is CC(CCO)N1CC(C)(C)C1. The van der Waals surface area contributed by atoms with E-state index in [1.54, 1.807) is 0 Å². The van der Waals surface area contributed by atoms with E-state index in [9.17, 15) is 0 Å². The molecule has 0 aromatic carbocycles. The quantitative estimate of drug-likeness (QED) is 0.663. The maximum atomic E-state index is 8.71. The van der Waals surface area contributed by atoms with Crippen molar-refractivity contribution in [3.05, 3.63) is 0 Å². The summed E-state index contributed by atoms with van der Waals surface area (Å²) in [4.78, 5) is 2.43. The lowest BCUT2D eigenvalue weighted by Crippen LogP contribution is -2.56. The summed E-state index contributed by atoms with van der Waals surface area (Å²) in [6.07, 6.45) is 0.913. The zero-order valence-electron chi connectivity index (χ0n) is 7.80. The summed E-state index contributed by atoms with van der Waals surface area (Å²) in [5.41, 5.74) is 0.518. The van der Waals surface area contributed by atoms with Crippen molar-refractivity contribution >= 4 is 0 Å². The van der Waals surface area contributed by atoms with Crippen molar-refractivity contribution in [2.24, 2.45) is 5.41 Å². The average Bonchev–Trinajstić information content (AvgIpc) is 1.83. The molecule has 1 saturated heterocycles. The molecule has 1 N–H and O–H groups in total. The second-order valence-corrected chi connectivity index (χ2v) is 4.43. The van der Waals surface area contributed by atoms with E-state index in [1.165, 1.54) is 13.1 Å². The molecule has 2 heteroatoms. The molecular weight excluding hydrogens is 138 g/mol. The van der Waals surface area contributed by atoms with Gasteiger partial charge in [-0.2, -0.15) is 0 Å². The van der Waals surface area contributed by atoms with Crippen LogP contribution in [-0.2, 0) is 0 Å². The van der Waals surface area contributed by atoms with Crippen LogP contribution in [0.5, 0.6) is 0 Å². The minimum absolute atomic E-state index is 0.318. The molecule has 1 unspecified atom stereocenters. The van der Waals surface area contributed by atoms with Crippen LogP contribution < -0.4 is 0 Å². The monoisotopic (exact) mass is 157 g/mol. The Kier molecular flexibility index (Phi) is 2.55. The van der Waals surface area contributed by atoms with Crippen LogP contribution in [0, 0.1) is 5.41 Å². The highest BCUT2D eigenvalue weighted by Crippen LogP contribution is 2.30. The van der Waals surface area contributed by atoms with Gasteiger partial charge in [-0.1, -0.05) is 13.8 Å². The summed E-state index contributed by atoms with van der Waals surface area (Å²) >= 11 is 0. The van der Waals surface area contributed by atoms with Gasteiger partial charge in [0.15, 0.2) is 0 Å². The molecular formula is C9H19NO. The van der Waals surface area contributed by atoms with Crippen LogP contribution in [0.3, 0.4) is 0 Å². The third-order valence-corrected chi connectivity index (χ3v) is 2.43. The van der Waals surface area contributed by atoms with Crippen molar-refractivity contribution in [2.75, 3.05) is 19.7 Å². The van der Waals surface area contributed by atoms with E-state index < -0.39 is 0 Å². The van der Waals surface area contributed by atoms with E-state index in [2.05, 4.69) is 25.7 Å². The predicted octanol–water partition coefficient (Wildman–Crippen LogP) is 1.10. The van der Waals surface area contributed by atoms with Gasteiger partial charge < -0.3 is 5.11 Å². The van der Waals surface area contributed by atoms with E-state index >= 15 is 0 Å². The largest absolute Gasteiger partial charge is 0.396 e. The van der Waals surface area contributed by atoms with Crippen LogP contribution in [0.15, 0.2) is 0 Å². The van der Waals surface area contributed by atoms with Gasteiger partial charge in [-0.05, 0) is 18.8 Å². The zero-order valence-corrected chi connectivity index (χ0v) is 7.80. The Morgan fingerprint density at radius 1 is 1.45 bits per heavy atom. The number of likely N-dealkylation sites (tertiary alicyclic amines) is 1. The van der Waals surface area contributed by atoms with Crippen LogP contribution in [0.25, 0.3) is 0 Å². The minimum atomic E-state index is 0.318. The second-order valence-electron chi connectivity index (χ2n) is 4.43. The van der Waals surface area contributed by atoms with Gasteiger partial charge in [-0.3, -0.25) is 4.90 Å². The third kappa shape index (κ3) is 2.17. The first-order valence-corrected chi connectivity index (χ1v) is 4.40. The highest BCUT2D eigenvalue weighted by Gasteiger charge is 2.36. The van der Waals surface area contributed by atoms with Gasteiger partial charge in [0.2, 0.25) is 0 Å². The molecule has 0 aromatic heterocycles. The fraction of sp³-hybridized carbons (Fsp3) is 1.00. The van der Waals surface area contributed by atoms with E-state index in [0.717, 1.165) is 6.42 Å². The summed E-state index contributed by atoms with van der Waals surface area (Å²) in [6.45, 7) is 9.45. The summed E-state index contributed by atoms with van der Waals surface area (Å²) in [6, 6.07) is 0.563. The molecule has 2 nitrogen and oxygen atoms in total. The number of aliphatic hydroxyl groups excluding tert-OH is 1. The minimum Gasteiger partial charge on any atom is -0.396 e. The Bertz CT molecular complexity index is 126. The first-order valence-electron chi connectivity index (χ1n) is 4.40. The normalized spacial score (nSPS) is 26.2. The maximum Gasteiger partial charge on any atom is 0.0445 e. The molecule has 1 aliphatic heterocycles. The van der Waals surface area contributed by atoms with Crippen LogP contribution >= 0.6 is 0 Å². The zero-order chi connectivity index (χ0) is 8.48. The first kappa shape index (κ1) is 9.01. The molecule has 66 valence electrons. The van der Waals surface area contributed by atoms with Gasteiger partial charge in [0.25, 0.3) is 0 Å². The van der Waals surface area contributed by atoms with Gasteiger partial charge in [-0.15, -0.1) is 0 Å². The number of hydrogen-bond donors (Lipinski definition) is 1. The fourth-order valence-electron chi connectivity index (χ4n) is 1.73. The van der Waals surface area contributed by atoms with E-state index in [4.69, 9.17) is 5.11 Å². The molecule has 1 heterocycles. The Hall–Kier alpha value is -0.0800. The Balaban J connectivity index is 2.21. The van der Waals surface area contributed by atoms with Crippen molar-refractivity contribution in [2.45, 2.75) is 33.2 Å². The van der Waals surface area contributed by atoms with Crippen LogP contribution in [0.2, 0.25) is 0 Å². The van der Waals surface area contributed by atoms with E-state index in [0.29, 0.717) is 18.1 Å². The number of nitrogens with zero attached hydrogens (tertiary/aromatic N) is 1. The molecule has 0 aliphatic carbocycles. The van der Waals surface area contributed by atoms with Crippen LogP contribution in [-0.4, -0.2) is 35.7 Å². The summed E-state index contributed by atoms with van der Waals surface area (Å²) < 4.78 is 0. The van der Waals surface area contributed by atoms with Gasteiger partial charge in [0.05, 0.1) is 0 Å². The Morgan fingerprint density at radius 3 is 2.36 bits per heavy atom. The molecule has 1 atom stereocenters. The van der Waals surface area contributed by atoms with Gasteiger partial charge >= 0.3 is 0 Å². The molecule has 0 radical (unpaired) electrons. The topological polar surface area (TPSA) is 23.5 Å². The van der Waals surface area contributed by atoms with Gasteiger partial charge in [0.1, 0.15) is 0 Å². The number of aliphatic hydroxyl groups is 1. The van der Waals surface area contributed by atoms with Crippen molar-refractivity contribution in [3.63, 3.8) is 0 Å². The van der Waals surface area contributed by atoms with Gasteiger partial charge in [-0.25, -0.2) is 0 Å². The average molecular weight is 157 g/mol. The molecule has 0 saturated carbocycles. The van der Waals surface area contributed by atoms with Crippen molar-refractivity contribution < 1.29 is 5.11 Å². The van der Waals surface area contributed by atoms with Crippen molar-refractivity contribution in [1.82, 2.24) is 4.90 Å². The maximum absolute atomic E-state index is 8.71. The summed E-state index contributed by atoms with van der Waals surface area (Å²) in [5.74, 6) is 0. The van der Waals surface area contributed by atoms with Crippen LogP contribution in [0.4, 0.5) is 0 Å². The molecule has 0 spiro atoms.